The topological polar surface area (TPSA) is 92.4 Å². The Bertz CT molecular complexity index is 1380. The number of methoxy groups -OCH3 is 2. The van der Waals surface area contributed by atoms with Gasteiger partial charge in [0.1, 0.15) is 29.4 Å². The number of hydrogen-bond donors (Lipinski definition) is 0. The molecule has 0 amide bonds. The third-order valence-electron chi connectivity index (χ3n) is 5.99. The SMILES string of the molecule is COc1ccc(CN(C)c2nc(Cl)nc3c(-c4cnn(C)c4)n(COCC[Si](C)(C)C)nc23)c(OC)c1. The van der Waals surface area contributed by atoms with Crippen LogP contribution in [0.2, 0.25) is 31.0 Å². The summed E-state index contributed by atoms with van der Waals surface area (Å²) in [7, 11) is 5.87. The summed E-state index contributed by atoms with van der Waals surface area (Å²) in [6, 6.07) is 6.81. The molecule has 0 saturated heterocycles. The molecule has 3 heterocycles. The first kappa shape index (κ1) is 26.9. The van der Waals surface area contributed by atoms with E-state index in [-0.39, 0.29) is 12.0 Å². The van der Waals surface area contributed by atoms with Gasteiger partial charge in [0.2, 0.25) is 5.28 Å². The van der Waals surface area contributed by atoms with E-state index in [1.165, 1.54) is 0 Å². The van der Waals surface area contributed by atoms with Gasteiger partial charge in [-0.1, -0.05) is 19.6 Å². The van der Waals surface area contributed by atoms with Crippen molar-refractivity contribution in [1.82, 2.24) is 29.5 Å². The summed E-state index contributed by atoms with van der Waals surface area (Å²) in [6.07, 6.45) is 3.72. The van der Waals surface area contributed by atoms with Crippen molar-refractivity contribution in [2.45, 2.75) is 39.0 Å². The Hall–Kier alpha value is -3.15. The Morgan fingerprint density at radius 3 is 2.51 bits per heavy atom. The van der Waals surface area contributed by atoms with Crippen LogP contribution in [0, 0.1) is 0 Å². The highest BCUT2D eigenvalue weighted by Crippen LogP contribution is 2.34. The lowest BCUT2D eigenvalue weighted by Crippen LogP contribution is -2.22. The number of nitrogens with zero attached hydrogens (tertiary/aromatic N) is 7. The Balaban J connectivity index is 1.73. The number of aryl methyl sites for hydroxylation is 1. The van der Waals surface area contributed by atoms with Crippen molar-refractivity contribution in [2.75, 3.05) is 32.8 Å². The number of anilines is 1. The molecule has 1 aromatic carbocycles. The first-order chi connectivity index (χ1) is 17.6. The zero-order valence-electron chi connectivity index (χ0n) is 22.4. The molecule has 37 heavy (non-hydrogen) atoms. The molecule has 198 valence electrons. The minimum atomic E-state index is -1.22. The normalized spacial score (nSPS) is 11.8. The molecule has 0 aliphatic carbocycles. The number of hydrogen-bond acceptors (Lipinski definition) is 8. The third kappa shape index (κ3) is 6.23. The fraction of sp³-hybridized carbons (Fsp3) is 0.440. The molecule has 10 nitrogen and oxygen atoms in total. The average Bonchev–Trinajstić information content (AvgIpc) is 3.43. The number of fused-ring (bicyclic) bond motifs is 1. The van der Waals surface area contributed by atoms with Crippen LogP contribution in [0.4, 0.5) is 5.82 Å². The summed E-state index contributed by atoms with van der Waals surface area (Å²) < 4.78 is 20.5. The molecule has 0 aliphatic heterocycles. The highest BCUT2D eigenvalue weighted by molar-refractivity contribution is 6.76. The van der Waals surface area contributed by atoms with Crippen LogP contribution in [0.15, 0.2) is 30.6 Å². The van der Waals surface area contributed by atoms with Gasteiger partial charge in [-0.15, -0.1) is 0 Å². The minimum Gasteiger partial charge on any atom is -0.497 e. The fourth-order valence-corrected chi connectivity index (χ4v) is 4.92. The van der Waals surface area contributed by atoms with Gasteiger partial charge in [0.05, 0.1) is 20.4 Å². The molecule has 0 unspecified atom stereocenters. The molecular weight excluding hydrogens is 510 g/mol. The lowest BCUT2D eigenvalue weighted by molar-refractivity contribution is 0.0803. The lowest BCUT2D eigenvalue weighted by atomic mass is 10.1. The molecule has 0 atom stereocenters. The number of benzene rings is 1. The second-order valence-corrected chi connectivity index (χ2v) is 16.1. The first-order valence-corrected chi connectivity index (χ1v) is 16.1. The van der Waals surface area contributed by atoms with Crippen molar-refractivity contribution >= 4 is 36.5 Å². The van der Waals surface area contributed by atoms with Gasteiger partial charge in [0, 0.05) is 58.7 Å². The van der Waals surface area contributed by atoms with E-state index in [1.807, 2.05) is 48.1 Å². The Labute approximate surface area is 223 Å². The maximum atomic E-state index is 6.45. The van der Waals surface area contributed by atoms with Crippen LogP contribution in [0.3, 0.4) is 0 Å². The largest absolute Gasteiger partial charge is 0.497 e. The Kier molecular flexibility index (Phi) is 8.05. The van der Waals surface area contributed by atoms with Crippen LogP contribution in [-0.2, 0) is 25.1 Å². The summed E-state index contributed by atoms with van der Waals surface area (Å²) in [5.74, 6) is 2.06. The van der Waals surface area contributed by atoms with Crippen molar-refractivity contribution in [1.29, 1.82) is 0 Å². The van der Waals surface area contributed by atoms with E-state index in [0.29, 0.717) is 30.0 Å². The predicted molar refractivity (Wildman–Crippen MR) is 148 cm³/mol. The van der Waals surface area contributed by atoms with E-state index in [2.05, 4.69) is 34.7 Å². The lowest BCUT2D eigenvalue weighted by Gasteiger charge is -2.20. The predicted octanol–water partition coefficient (Wildman–Crippen LogP) is 4.85. The summed E-state index contributed by atoms with van der Waals surface area (Å²) >= 11 is 6.45. The van der Waals surface area contributed by atoms with Gasteiger partial charge in [0.25, 0.3) is 0 Å². The van der Waals surface area contributed by atoms with Crippen LogP contribution in [0.5, 0.6) is 11.5 Å². The van der Waals surface area contributed by atoms with Crippen molar-refractivity contribution in [2.24, 2.45) is 7.05 Å². The summed E-state index contributed by atoms with van der Waals surface area (Å²) in [6.45, 7) is 8.47. The van der Waals surface area contributed by atoms with E-state index in [9.17, 15) is 0 Å². The zero-order valence-corrected chi connectivity index (χ0v) is 24.2. The quantitative estimate of drug-likeness (QED) is 0.151. The molecule has 0 bridgehead atoms. The van der Waals surface area contributed by atoms with Crippen LogP contribution in [0.1, 0.15) is 5.56 Å². The maximum Gasteiger partial charge on any atom is 0.225 e. The van der Waals surface area contributed by atoms with Crippen LogP contribution in [0.25, 0.3) is 22.3 Å². The summed E-state index contributed by atoms with van der Waals surface area (Å²) in [5.41, 5.74) is 3.91. The van der Waals surface area contributed by atoms with Crippen LogP contribution < -0.4 is 14.4 Å². The van der Waals surface area contributed by atoms with Crippen molar-refractivity contribution in [3.63, 3.8) is 0 Å². The first-order valence-electron chi connectivity index (χ1n) is 12.0. The molecule has 0 aliphatic rings. The molecule has 4 rings (SSSR count). The van der Waals surface area contributed by atoms with Crippen molar-refractivity contribution in [3.05, 3.63) is 41.4 Å². The third-order valence-corrected chi connectivity index (χ3v) is 7.87. The molecular formula is C25H34ClN7O3Si. The number of rotatable bonds is 11. The van der Waals surface area contributed by atoms with Gasteiger partial charge in [-0.3, -0.25) is 4.68 Å². The van der Waals surface area contributed by atoms with Gasteiger partial charge in [-0.2, -0.15) is 15.2 Å². The smallest absolute Gasteiger partial charge is 0.225 e. The van der Waals surface area contributed by atoms with E-state index in [0.717, 1.165) is 34.4 Å². The monoisotopic (exact) mass is 543 g/mol. The molecule has 0 radical (unpaired) electrons. The van der Waals surface area contributed by atoms with Crippen molar-refractivity contribution in [3.8, 4) is 22.8 Å². The molecule has 0 fully saturated rings. The van der Waals surface area contributed by atoms with E-state index >= 15 is 0 Å². The minimum absolute atomic E-state index is 0.139. The van der Waals surface area contributed by atoms with E-state index in [4.69, 9.17) is 30.9 Å². The second kappa shape index (κ2) is 11.1. The van der Waals surface area contributed by atoms with Crippen molar-refractivity contribution < 1.29 is 14.2 Å². The van der Waals surface area contributed by atoms with E-state index in [1.54, 1.807) is 25.1 Å². The molecule has 12 heteroatoms. The highest BCUT2D eigenvalue weighted by Gasteiger charge is 2.23. The standard InChI is InChI=1S/C25H34ClN7O3Si/c1-31(14-17-8-9-19(34-3)12-20(17)35-4)24-22-21(28-25(26)29-24)23(18-13-27-32(2)15-18)33(30-22)16-36-10-11-37(5,6)7/h8-9,12-13,15H,10-11,14,16H2,1-7H3. The molecule has 0 spiro atoms. The average molecular weight is 544 g/mol. The van der Waals surface area contributed by atoms with Crippen LogP contribution in [-0.4, -0.2) is 65.5 Å². The van der Waals surface area contributed by atoms with Crippen LogP contribution >= 0.6 is 11.6 Å². The van der Waals surface area contributed by atoms with Gasteiger partial charge in [0.15, 0.2) is 11.3 Å². The fourth-order valence-electron chi connectivity index (χ4n) is 4.00. The summed E-state index contributed by atoms with van der Waals surface area (Å²) in [5, 5.41) is 9.38. The van der Waals surface area contributed by atoms with Gasteiger partial charge < -0.3 is 19.1 Å². The number of aromatic nitrogens is 6. The second-order valence-electron chi connectivity index (χ2n) is 10.1. The van der Waals surface area contributed by atoms with E-state index < -0.39 is 8.07 Å². The Morgan fingerprint density at radius 2 is 1.86 bits per heavy atom. The highest BCUT2D eigenvalue weighted by atomic mass is 35.5. The van der Waals surface area contributed by atoms with Gasteiger partial charge >= 0.3 is 0 Å². The number of ether oxygens (including phenoxy) is 3. The molecule has 4 aromatic rings. The van der Waals surface area contributed by atoms with Gasteiger partial charge in [-0.25, -0.2) is 9.67 Å². The molecule has 3 aromatic heterocycles. The number of halogens is 1. The maximum absolute atomic E-state index is 6.45. The molecule has 0 saturated carbocycles. The summed E-state index contributed by atoms with van der Waals surface area (Å²) in [4.78, 5) is 11.1. The van der Waals surface area contributed by atoms with Gasteiger partial charge in [-0.05, 0) is 29.8 Å². The zero-order chi connectivity index (χ0) is 26.7. The Morgan fingerprint density at radius 1 is 1.08 bits per heavy atom. The molecule has 0 N–H and O–H groups in total.